The molecule has 0 aromatic carbocycles. The number of thiophene rings is 1. The molecule has 0 atom stereocenters. The molecule has 2 N–H and O–H groups in total. The SMILES string of the molecule is c1ccc(-c2nc(NCCc3nc(C4CCOCC4)n[nH]3)c3ccsc3n2)nc1. The number of anilines is 1. The fraction of sp³-hybridized carbons (Fsp3) is 0.350. The minimum Gasteiger partial charge on any atom is -0.381 e. The van der Waals surface area contributed by atoms with Gasteiger partial charge in [-0.05, 0) is 36.4 Å². The molecule has 9 heteroatoms. The first-order chi connectivity index (χ1) is 14.4. The minimum atomic E-state index is 0.398. The molecule has 0 spiro atoms. The quantitative estimate of drug-likeness (QED) is 0.505. The summed E-state index contributed by atoms with van der Waals surface area (Å²) in [5, 5.41) is 14.0. The summed E-state index contributed by atoms with van der Waals surface area (Å²) in [7, 11) is 0. The highest BCUT2D eigenvalue weighted by molar-refractivity contribution is 7.16. The number of hydrogen-bond acceptors (Lipinski definition) is 8. The van der Waals surface area contributed by atoms with Crippen molar-refractivity contribution in [1.82, 2.24) is 30.1 Å². The Kier molecular flexibility index (Phi) is 5.14. The molecular weight excluding hydrogens is 386 g/mol. The molecule has 1 fully saturated rings. The van der Waals surface area contributed by atoms with Gasteiger partial charge in [-0.2, -0.15) is 5.10 Å². The van der Waals surface area contributed by atoms with Crippen LogP contribution in [0.3, 0.4) is 0 Å². The number of pyridine rings is 1. The van der Waals surface area contributed by atoms with Crippen molar-refractivity contribution >= 4 is 27.4 Å². The van der Waals surface area contributed by atoms with E-state index in [1.54, 1.807) is 17.5 Å². The fourth-order valence-electron chi connectivity index (χ4n) is 3.46. The Hall–Kier alpha value is -2.91. The van der Waals surface area contributed by atoms with Crippen molar-refractivity contribution in [1.29, 1.82) is 0 Å². The first-order valence-electron chi connectivity index (χ1n) is 9.76. The second-order valence-corrected chi connectivity index (χ2v) is 7.85. The lowest BCUT2D eigenvalue weighted by Gasteiger charge is -2.18. The fourth-order valence-corrected chi connectivity index (χ4v) is 4.22. The van der Waals surface area contributed by atoms with Gasteiger partial charge in [0.05, 0.1) is 5.39 Å². The summed E-state index contributed by atoms with van der Waals surface area (Å²) in [6.45, 7) is 2.28. The third kappa shape index (κ3) is 3.96. The van der Waals surface area contributed by atoms with Crippen molar-refractivity contribution in [3.05, 3.63) is 47.5 Å². The molecule has 4 aromatic heterocycles. The van der Waals surface area contributed by atoms with Crippen LogP contribution in [-0.2, 0) is 11.2 Å². The van der Waals surface area contributed by atoms with Crippen LogP contribution in [0.25, 0.3) is 21.7 Å². The van der Waals surface area contributed by atoms with E-state index in [1.165, 1.54) is 0 Å². The van der Waals surface area contributed by atoms with Gasteiger partial charge in [-0.15, -0.1) is 11.3 Å². The highest BCUT2D eigenvalue weighted by atomic mass is 32.1. The number of nitrogens with one attached hydrogen (secondary N) is 2. The predicted octanol–water partition coefficient (Wildman–Crippen LogP) is 3.42. The maximum absolute atomic E-state index is 5.42. The second-order valence-electron chi connectivity index (χ2n) is 6.95. The summed E-state index contributed by atoms with van der Waals surface area (Å²) >= 11 is 1.60. The Morgan fingerprint density at radius 2 is 2.07 bits per heavy atom. The second kappa shape index (κ2) is 8.22. The van der Waals surface area contributed by atoms with Gasteiger partial charge < -0.3 is 10.1 Å². The van der Waals surface area contributed by atoms with E-state index in [4.69, 9.17) is 9.72 Å². The number of aromatic nitrogens is 6. The van der Waals surface area contributed by atoms with E-state index >= 15 is 0 Å². The maximum Gasteiger partial charge on any atom is 0.181 e. The zero-order valence-electron chi connectivity index (χ0n) is 15.8. The summed E-state index contributed by atoms with van der Waals surface area (Å²) in [6, 6.07) is 7.79. The zero-order valence-corrected chi connectivity index (χ0v) is 16.7. The van der Waals surface area contributed by atoms with E-state index < -0.39 is 0 Å². The van der Waals surface area contributed by atoms with E-state index in [2.05, 4.69) is 30.5 Å². The van der Waals surface area contributed by atoms with Gasteiger partial charge in [0.15, 0.2) is 11.6 Å². The molecule has 1 saturated heterocycles. The minimum absolute atomic E-state index is 0.398. The van der Waals surface area contributed by atoms with Crippen LogP contribution in [0, 0.1) is 0 Å². The Labute approximate surface area is 171 Å². The topological polar surface area (TPSA) is 102 Å². The molecule has 1 aliphatic heterocycles. The lowest BCUT2D eigenvalue weighted by atomic mass is 10.00. The number of H-pyrrole nitrogens is 1. The molecule has 0 bridgehead atoms. The molecule has 0 saturated carbocycles. The largest absolute Gasteiger partial charge is 0.381 e. The Balaban J connectivity index is 1.29. The summed E-state index contributed by atoms with van der Waals surface area (Å²) in [5.41, 5.74) is 0.766. The molecule has 5 rings (SSSR count). The van der Waals surface area contributed by atoms with Gasteiger partial charge in [-0.1, -0.05) is 6.07 Å². The molecule has 8 nitrogen and oxygen atoms in total. The van der Waals surface area contributed by atoms with Crippen molar-refractivity contribution in [3.63, 3.8) is 0 Å². The molecular formula is C20H21N7OS. The molecule has 0 radical (unpaired) electrons. The Morgan fingerprint density at radius 3 is 2.93 bits per heavy atom. The summed E-state index contributed by atoms with van der Waals surface area (Å²) in [4.78, 5) is 19.4. The average molecular weight is 408 g/mol. The lowest BCUT2D eigenvalue weighted by molar-refractivity contribution is 0.0836. The van der Waals surface area contributed by atoms with Crippen LogP contribution in [0.2, 0.25) is 0 Å². The first kappa shape index (κ1) is 18.1. The van der Waals surface area contributed by atoms with Crippen molar-refractivity contribution in [2.24, 2.45) is 0 Å². The van der Waals surface area contributed by atoms with Gasteiger partial charge in [0, 0.05) is 38.3 Å². The van der Waals surface area contributed by atoms with Gasteiger partial charge in [-0.25, -0.2) is 15.0 Å². The van der Waals surface area contributed by atoms with Gasteiger partial charge >= 0.3 is 0 Å². The number of aromatic amines is 1. The number of hydrogen-bond donors (Lipinski definition) is 2. The third-order valence-corrected chi connectivity index (χ3v) is 5.82. The summed E-state index contributed by atoms with van der Waals surface area (Å²) in [6.07, 6.45) is 4.47. The number of fused-ring (bicyclic) bond motifs is 1. The Morgan fingerprint density at radius 1 is 1.14 bits per heavy atom. The first-order valence-corrected chi connectivity index (χ1v) is 10.6. The highest BCUT2D eigenvalue weighted by Gasteiger charge is 2.20. The van der Waals surface area contributed by atoms with Gasteiger partial charge in [-0.3, -0.25) is 10.1 Å². The molecule has 29 heavy (non-hydrogen) atoms. The van der Waals surface area contributed by atoms with Crippen LogP contribution in [0.1, 0.15) is 30.4 Å². The van der Waals surface area contributed by atoms with E-state index in [0.29, 0.717) is 18.3 Å². The summed E-state index contributed by atoms with van der Waals surface area (Å²) < 4.78 is 5.42. The van der Waals surface area contributed by atoms with E-state index in [9.17, 15) is 0 Å². The van der Waals surface area contributed by atoms with Crippen LogP contribution in [0.4, 0.5) is 5.82 Å². The van der Waals surface area contributed by atoms with Crippen LogP contribution in [0.5, 0.6) is 0 Å². The number of ether oxygens (including phenoxy) is 1. The maximum atomic E-state index is 5.42. The summed E-state index contributed by atoms with van der Waals surface area (Å²) in [5.74, 6) is 3.64. The van der Waals surface area contributed by atoms with Gasteiger partial charge in [0.1, 0.15) is 22.2 Å². The van der Waals surface area contributed by atoms with Crippen molar-refractivity contribution in [2.45, 2.75) is 25.2 Å². The van der Waals surface area contributed by atoms with E-state index in [1.807, 2.05) is 29.6 Å². The van der Waals surface area contributed by atoms with Crippen LogP contribution in [0.15, 0.2) is 35.8 Å². The van der Waals surface area contributed by atoms with Gasteiger partial charge in [0.2, 0.25) is 0 Å². The average Bonchev–Trinajstić information content (AvgIpc) is 3.44. The molecule has 4 aromatic rings. The van der Waals surface area contributed by atoms with E-state index in [-0.39, 0.29) is 0 Å². The van der Waals surface area contributed by atoms with Crippen LogP contribution >= 0.6 is 11.3 Å². The van der Waals surface area contributed by atoms with Crippen molar-refractivity contribution < 1.29 is 4.74 Å². The third-order valence-electron chi connectivity index (χ3n) is 5.01. The van der Waals surface area contributed by atoms with Crippen LogP contribution in [-0.4, -0.2) is 49.9 Å². The normalized spacial score (nSPS) is 15.0. The number of rotatable bonds is 6. The Bertz CT molecular complexity index is 1090. The molecule has 148 valence electrons. The van der Waals surface area contributed by atoms with Crippen LogP contribution < -0.4 is 5.32 Å². The monoisotopic (exact) mass is 407 g/mol. The predicted molar refractivity (Wildman–Crippen MR) is 112 cm³/mol. The lowest BCUT2D eigenvalue weighted by Crippen LogP contribution is -2.15. The molecule has 5 heterocycles. The smallest absolute Gasteiger partial charge is 0.181 e. The molecule has 0 amide bonds. The standard InChI is InChI=1S/C20H21N7OS/c1-2-8-21-15(3-1)19-24-18(14-7-12-29-20(14)25-19)22-9-4-16-23-17(27-26-16)13-5-10-28-11-6-13/h1-3,7-8,12-13H,4-6,9-11H2,(H,22,24,25)(H,23,26,27). The van der Waals surface area contributed by atoms with Crippen molar-refractivity contribution in [2.75, 3.05) is 25.1 Å². The van der Waals surface area contributed by atoms with E-state index in [0.717, 1.165) is 65.9 Å². The molecule has 1 aliphatic rings. The number of nitrogens with zero attached hydrogens (tertiary/aromatic N) is 5. The highest BCUT2D eigenvalue weighted by Crippen LogP contribution is 2.28. The molecule has 0 unspecified atom stereocenters. The van der Waals surface area contributed by atoms with Gasteiger partial charge in [0.25, 0.3) is 0 Å². The molecule has 0 aliphatic carbocycles. The zero-order chi connectivity index (χ0) is 19.5. The van der Waals surface area contributed by atoms with Crippen molar-refractivity contribution in [3.8, 4) is 11.5 Å².